The first kappa shape index (κ1) is 14.0. The summed E-state index contributed by atoms with van der Waals surface area (Å²) in [5.41, 5.74) is 1.06. The average Bonchev–Trinajstić information content (AvgIpc) is 2.77. The van der Waals surface area contributed by atoms with E-state index >= 15 is 0 Å². The molecule has 18 heavy (non-hydrogen) atoms. The molecule has 3 unspecified atom stereocenters. The van der Waals surface area contributed by atoms with Gasteiger partial charge in [-0.3, -0.25) is 0 Å². The zero-order valence-electron chi connectivity index (χ0n) is 11.0. The highest BCUT2D eigenvalue weighted by Gasteiger charge is 2.28. The van der Waals surface area contributed by atoms with Crippen molar-refractivity contribution in [1.82, 2.24) is 5.32 Å². The summed E-state index contributed by atoms with van der Waals surface area (Å²) in [7, 11) is 2.01. The van der Waals surface area contributed by atoms with Gasteiger partial charge in [0, 0.05) is 10.5 Å². The number of nitrogens with one attached hydrogen (secondary N) is 1. The Balaban J connectivity index is 2.08. The number of benzene rings is 1. The van der Waals surface area contributed by atoms with E-state index in [9.17, 15) is 4.39 Å². The van der Waals surface area contributed by atoms with Gasteiger partial charge in [0.05, 0.1) is 0 Å². The van der Waals surface area contributed by atoms with Crippen molar-refractivity contribution in [2.24, 2.45) is 11.8 Å². The predicted molar refractivity (Wildman–Crippen MR) is 77.2 cm³/mol. The molecule has 1 saturated carbocycles. The molecule has 0 amide bonds. The Bertz CT molecular complexity index is 407. The smallest absolute Gasteiger partial charge is 0.123 e. The van der Waals surface area contributed by atoms with E-state index in [0.29, 0.717) is 6.04 Å². The Hall–Kier alpha value is -0.410. The Morgan fingerprint density at radius 3 is 2.83 bits per heavy atom. The summed E-state index contributed by atoms with van der Waals surface area (Å²) < 4.78 is 14.3. The molecule has 0 aliphatic heterocycles. The Morgan fingerprint density at radius 1 is 1.44 bits per heavy atom. The van der Waals surface area contributed by atoms with Crippen molar-refractivity contribution in [3.63, 3.8) is 0 Å². The largest absolute Gasteiger partial charge is 0.316 e. The standard InChI is InChI=1S/C15H21BrFN/c1-10-3-4-11(7-10)15(18-2)9-12-8-13(17)5-6-14(12)16/h5-6,8,10-11,15,18H,3-4,7,9H2,1-2H3. The van der Waals surface area contributed by atoms with Crippen LogP contribution in [0.1, 0.15) is 31.7 Å². The molecule has 0 aromatic heterocycles. The van der Waals surface area contributed by atoms with Crippen molar-refractivity contribution in [3.05, 3.63) is 34.1 Å². The van der Waals surface area contributed by atoms with Crippen molar-refractivity contribution in [2.75, 3.05) is 7.05 Å². The van der Waals surface area contributed by atoms with Crippen LogP contribution < -0.4 is 5.32 Å². The number of hydrogen-bond acceptors (Lipinski definition) is 1. The van der Waals surface area contributed by atoms with Crippen LogP contribution in [0.2, 0.25) is 0 Å². The van der Waals surface area contributed by atoms with Gasteiger partial charge in [-0.25, -0.2) is 4.39 Å². The van der Waals surface area contributed by atoms with Gasteiger partial charge in [-0.2, -0.15) is 0 Å². The third-order valence-electron chi connectivity index (χ3n) is 4.12. The fourth-order valence-electron chi connectivity index (χ4n) is 3.06. The van der Waals surface area contributed by atoms with E-state index in [2.05, 4.69) is 28.2 Å². The quantitative estimate of drug-likeness (QED) is 0.880. The van der Waals surface area contributed by atoms with E-state index in [1.165, 1.54) is 25.3 Å². The third kappa shape index (κ3) is 3.33. The summed E-state index contributed by atoms with van der Waals surface area (Å²) in [6.07, 6.45) is 4.80. The summed E-state index contributed by atoms with van der Waals surface area (Å²) in [6, 6.07) is 5.40. The molecule has 1 aliphatic carbocycles. The van der Waals surface area contributed by atoms with Gasteiger partial charge in [0.2, 0.25) is 0 Å². The maximum Gasteiger partial charge on any atom is 0.123 e. The molecule has 0 saturated heterocycles. The van der Waals surface area contributed by atoms with Gasteiger partial charge in [0.15, 0.2) is 0 Å². The van der Waals surface area contributed by atoms with Gasteiger partial charge in [0.25, 0.3) is 0 Å². The van der Waals surface area contributed by atoms with Gasteiger partial charge in [-0.1, -0.05) is 29.3 Å². The minimum Gasteiger partial charge on any atom is -0.316 e. The lowest BCUT2D eigenvalue weighted by Gasteiger charge is -2.24. The topological polar surface area (TPSA) is 12.0 Å². The molecule has 0 heterocycles. The van der Waals surface area contributed by atoms with Crippen molar-refractivity contribution < 1.29 is 4.39 Å². The van der Waals surface area contributed by atoms with Crippen LogP contribution in [0.3, 0.4) is 0 Å². The van der Waals surface area contributed by atoms with Crippen LogP contribution in [0.15, 0.2) is 22.7 Å². The molecular weight excluding hydrogens is 293 g/mol. The highest BCUT2D eigenvalue weighted by Crippen LogP contribution is 2.34. The van der Waals surface area contributed by atoms with Crippen LogP contribution in [0, 0.1) is 17.7 Å². The van der Waals surface area contributed by atoms with Crippen molar-refractivity contribution >= 4 is 15.9 Å². The summed E-state index contributed by atoms with van der Waals surface area (Å²) in [5.74, 6) is 1.41. The van der Waals surface area contributed by atoms with Crippen LogP contribution in [-0.2, 0) is 6.42 Å². The van der Waals surface area contributed by atoms with Crippen LogP contribution >= 0.6 is 15.9 Å². The van der Waals surface area contributed by atoms with Crippen molar-refractivity contribution in [2.45, 2.75) is 38.6 Å². The minimum absolute atomic E-state index is 0.150. The Labute approximate surface area is 117 Å². The van der Waals surface area contributed by atoms with Crippen molar-refractivity contribution in [3.8, 4) is 0 Å². The van der Waals surface area contributed by atoms with Crippen LogP contribution in [0.25, 0.3) is 0 Å². The number of rotatable bonds is 4. The fourth-order valence-corrected chi connectivity index (χ4v) is 3.47. The monoisotopic (exact) mass is 313 g/mol. The van der Waals surface area contributed by atoms with E-state index in [1.54, 1.807) is 12.1 Å². The second kappa shape index (κ2) is 6.16. The highest BCUT2D eigenvalue weighted by atomic mass is 79.9. The molecule has 1 nitrogen and oxygen atoms in total. The molecule has 1 N–H and O–H groups in total. The highest BCUT2D eigenvalue weighted by molar-refractivity contribution is 9.10. The molecule has 2 rings (SSSR count). The lowest BCUT2D eigenvalue weighted by atomic mass is 9.91. The van der Waals surface area contributed by atoms with Gasteiger partial charge in [-0.05, 0) is 61.9 Å². The second-order valence-electron chi connectivity index (χ2n) is 5.51. The van der Waals surface area contributed by atoms with Crippen molar-refractivity contribution in [1.29, 1.82) is 0 Å². The fraction of sp³-hybridized carbons (Fsp3) is 0.600. The number of likely N-dealkylation sites (N-methyl/N-ethyl adjacent to an activating group) is 1. The zero-order chi connectivity index (χ0) is 13.1. The van der Waals surface area contributed by atoms with Crippen LogP contribution in [0.5, 0.6) is 0 Å². The van der Waals surface area contributed by atoms with E-state index in [-0.39, 0.29) is 5.82 Å². The van der Waals surface area contributed by atoms with E-state index in [4.69, 9.17) is 0 Å². The first-order valence-electron chi connectivity index (χ1n) is 6.71. The van der Waals surface area contributed by atoms with E-state index in [0.717, 1.165) is 28.3 Å². The maximum atomic E-state index is 13.3. The molecular formula is C15H21BrFN. The maximum absolute atomic E-state index is 13.3. The van der Waals surface area contributed by atoms with Gasteiger partial charge in [-0.15, -0.1) is 0 Å². The summed E-state index contributed by atoms with van der Waals surface area (Å²) >= 11 is 3.51. The normalized spacial score (nSPS) is 25.3. The Kier molecular flexibility index (Phi) is 4.79. The molecule has 1 aromatic rings. The summed E-state index contributed by atoms with van der Waals surface area (Å²) in [6.45, 7) is 2.32. The molecule has 1 aliphatic rings. The SMILES string of the molecule is CNC(Cc1cc(F)ccc1Br)C1CCC(C)C1. The lowest BCUT2D eigenvalue weighted by Crippen LogP contribution is -2.34. The molecule has 1 aromatic carbocycles. The third-order valence-corrected chi connectivity index (χ3v) is 4.90. The zero-order valence-corrected chi connectivity index (χ0v) is 12.6. The molecule has 3 heteroatoms. The van der Waals surface area contributed by atoms with Crippen LogP contribution in [-0.4, -0.2) is 13.1 Å². The number of halogens is 2. The first-order chi connectivity index (χ1) is 8.60. The number of hydrogen-bond donors (Lipinski definition) is 1. The lowest BCUT2D eigenvalue weighted by molar-refractivity contribution is 0.367. The van der Waals surface area contributed by atoms with E-state index < -0.39 is 0 Å². The average molecular weight is 314 g/mol. The predicted octanol–water partition coefficient (Wildman–Crippen LogP) is 4.15. The van der Waals surface area contributed by atoms with Gasteiger partial charge < -0.3 is 5.32 Å². The molecule has 100 valence electrons. The Morgan fingerprint density at radius 2 is 2.22 bits per heavy atom. The van der Waals surface area contributed by atoms with Gasteiger partial charge in [0.1, 0.15) is 5.82 Å². The first-order valence-corrected chi connectivity index (χ1v) is 7.50. The van der Waals surface area contributed by atoms with Crippen LogP contribution in [0.4, 0.5) is 4.39 Å². The molecule has 1 fully saturated rings. The molecule has 0 bridgehead atoms. The van der Waals surface area contributed by atoms with Gasteiger partial charge >= 0.3 is 0 Å². The summed E-state index contributed by atoms with van der Waals surface area (Å²) in [4.78, 5) is 0. The second-order valence-corrected chi connectivity index (χ2v) is 6.37. The summed E-state index contributed by atoms with van der Waals surface area (Å²) in [5, 5.41) is 3.42. The molecule has 0 spiro atoms. The minimum atomic E-state index is -0.150. The molecule has 3 atom stereocenters. The molecule has 0 radical (unpaired) electrons. The van der Waals surface area contributed by atoms with E-state index in [1.807, 2.05) is 7.05 Å².